The normalized spacial score (nSPS) is 11.6. The van der Waals surface area contributed by atoms with E-state index in [9.17, 15) is 4.79 Å². The lowest BCUT2D eigenvalue weighted by atomic mass is 10.1. The van der Waals surface area contributed by atoms with Crippen LogP contribution in [0.1, 0.15) is 36.3 Å². The molecule has 0 aromatic carbocycles. The van der Waals surface area contributed by atoms with E-state index in [1.54, 1.807) is 29.0 Å². The molecule has 0 aliphatic carbocycles. The minimum atomic E-state index is -0.181. The molecule has 0 aliphatic heterocycles. The van der Waals surface area contributed by atoms with E-state index in [1.165, 1.54) is 11.3 Å². The molecule has 0 N–H and O–H groups in total. The van der Waals surface area contributed by atoms with E-state index in [1.807, 2.05) is 26.2 Å². The Bertz CT molecular complexity index is 555. The van der Waals surface area contributed by atoms with Crippen molar-refractivity contribution >= 4 is 17.2 Å². The van der Waals surface area contributed by atoms with Gasteiger partial charge in [0.05, 0.1) is 18.3 Å². The number of rotatable bonds is 3. The lowest BCUT2D eigenvalue weighted by Crippen LogP contribution is -2.26. The third-order valence-electron chi connectivity index (χ3n) is 2.60. The minimum Gasteiger partial charge on any atom is -0.334 e. The maximum atomic E-state index is 12.2. The van der Waals surface area contributed by atoms with Crippen molar-refractivity contribution in [1.29, 1.82) is 0 Å². The summed E-state index contributed by atoms with van der Waals surface area (Å²) >= 11 is 1.53. The van der Waals surface area contributed by atoms with Gasteiger partial charge in [-0.2, -0.15) is 0 Å². The molecule has 19 heavy (non-hydrogen) atoms. The molecule has 2 heterocycles. The van der Waals surface area contributed by atoms with Gasteiger partial charge in [-0.3, -0.25) is 4.79 Å². The summed E-state index contributed by atoms with van der Waals surface area (Å²) in [6, 6.07) is 0. The van der Waals surface area contributed by atoms with Crippen LogP contribution in [0.2, 0.25) is 0 Å². The molecule has 0 fully saturated rings. The first-order valence-corrected chi connectivity index (χ1v) is 6.82. The van der Waals surface area contributed by atoms with Gasteiger partial charge in [0.1, 0.15) is 5.01 Å². The summed E-state index contributed by atoms with van der Waals surface area (Å²) in [5.41, 5.74) is 0.174. The van der Waals surface area contributed by atoms with Crippen molar-refractivity contribution in [2.24, 2.45) is 0 Å². The summed E-state index contributed by atoms with van der Waals surface area (Å²) in [5, 5.41) is 10.7. The van der Waals surface area contributed by atoms with Crippen molar-refractivity contribution in [2.75, 3.05) is 7.05 Å². The fourth-order valence-corrected chi connectivity index (χ4v) is 2.16. The Morgan fingerprint density at radius 1 is 1.47 bits per heavy atom. The highest BCUT2D eigenvalue weighted by atomic mass is 32.1. The van der Waals surface area contributed by atoms with Crippen LogP contribution in [-0.2, 0) is 12.1 Å². The first-order valence-electron chi connectivity index (χ1n) is 5.94. The van der Waals surface area contributed by atoms with Gasteiger partial charge in [0.2, 0.25) is 0 Å². The Labute approximate surface area is 116 Å². The second-order valence-electron chi connectivity index (χ2n) is 5.31. The quantitative estimate of drug-likeness (QED) is 0.859. The van der Waals surface area contributed by atoms with Crippen molar-refractivity contribution in [3.63, 3.8) is 0 Å². The summed E-state index contributed by atoms with van der Waals surface area (Å²) in [6.45, 7) is 6.51. The van der Waals surface area contributed by atoms with E-state index >= 15 is 0 Å². The van der Waals surface area contributed by atoms with Crippen LogP contribution in [0, 0.1) is 0 Å². The van der Waals surface area contributed by atoms with Gasteiger partial charge in [0.25, 0.3) is 5.91 Å². The molecule has 0 radical (unpaired) electrons. The van der Waals surface area contributed by atoms with E-state index < -0.39 is 0 Å². The van der Waals surface area contributed by atoms with E-state index in [-0.39, 0.29) is 11.4 Å². The fourth-order valence-electron chi connectivity index (χ4n) is 1.49. The number of nitrogens with zero attached hydrogens (tertiary/aromatic N) is 5. The lowest BCUT2D eigenvalue weighted by molar-refractivity contribution is 0.0779. The summed E-state index contributed by atoms with van der Waals surface area (Å²) in [6.07, 6.45) is 3.41. The molecular formula is C12H17N5OS. The fraction of sp³-hybridized carbons (Fsp3) is 0.500. The zero-order valence-corrected chi connectivity index (χ0v) is 12.3. The number of hydrogen-bond donors (Lipinski definition) is 0. The smallest absolute Gasteiger partial charge is 0.276 e. The van der Waals surface area contributed by atoms with Crippen molar-refractivity contribution in [3.8, 4) is 0 Å². The van der Waals surface area contributed by atoms with Gasteiger partial charge in [-0.15, -0.1) is 16.4 Å². The topological polar surface area (TPSA) is 63.9 Å². The standard InChI is InChI=1S/C12H17N5OS/c1-12(2,3)17-7-9(14-15-17)11(18)16(4)8-10-13-5-6-19-10/h5-7H,8H2,1-4H3. The molecule has 7 heteroatoms. The first-order chi connectivity index (χ1) is 8.88. The van der Waals surface area contributed by atoms with Crippen molar-refractivity contribution < 1.29 is 4.79 Å². The summed E-state index contributed by atoms with van der Waals surface area (Å²) < 4.78 is 1.69. The molecule has 0 spiro atoms. The highest BCUT2D eigenvalue weighted by molar-refractivity contribution is 7.09. The molecule has 0 unspecified atom stereocenters. The van der Waals surface area contributed by atoms with Crippen LogP contribution in [0.3, 0.4) is 0 Å². The highest BCUT2D eigenvalue weighted by Gasteiger charge is 2.20. The third-order valence-corrected chi connectivity index (χ3v) is 3.37. The van der Waals surface area contributed by atoms with Crippen molar-refractivity contribution in [1.82, 2.24) is 24.9 Å². The number of hydrogen-bond acceptors (Lipinski definition) is 5. The number of aromatic nitrogens is 4. The van der Waals surface area contributed by atoms with E-state index in [4.69, 9.17) is 0 Å². The summed E-state index contributed by atoms with van der Waals surface area (Å²) in [7, 11) is 1.74. The molecule has 102 valence electrons. The van der Waals surface area contributed by atoms with Gasteiger partial charge in [-0.1, -0.05) is 5.21 Å². The molecule has 0 aliphatic rings. The number of carbonyl (C=O) groups excluding carboxylic acids is 1. The van der Waals surface area contributed by atoms with Crippen LogP contribution in [0.5, 0.6) is 0 Å². The van der Waals surface area contributed by atoms with Crippen LogP contribution < -0.4 is 0 Å². The Kier molecular flexibility index (Phi) is 3.66. The highest BCUT2D eigenvalue weighted by Crippen LogP contribution is 2.13. The Hall–Kier alpha value is -1.76. The molecular weight excluding hydrogens is 262 g/mol. The molecule has 2 aromatic heterocycles. The van der Waals surface area contributed by atoms with Crippen LogP contribution in [0.4, 0.5) is 0 Å². The number of thiazole rings is 1. The zero-order valence-electron chi connectivity index (χ0n) is 11.5. The van der Waals surface area contributed by atoms with E-state index in [2.05, 4.69) is 15.3 Å². The van der Waals surface area contributed by atoms with Gasteiger partial charge in [0, 0.05) is 18.6 Å². The van der Waals surface area contributed by atoms with Crippen LogP contribution in [0.15, 0.2) is 17.8 Å². The molecule has 0 bridgehead atoms. The average Bonchev–Trinajstić information content (AvgIpc) is 2.97. The summed E-state index contributed by atoms with van der Waals surface area (Å²) in [5.74, 6) is -0.147. The van der Waals surface area contributed by atoms with Gasteiger partial charge < -0.3 is 4.90 Å². The second kappa shape index (κ2) is 5.08. The number of amides is 1. The SMILES string of the molecule is CN(Cc1nccs1)C(=O)c1cn(C(C)(C)C)nn1. The monoisotopic (exact) mass is 279 g/mol. The average molecular weight is 279 g/mol. The summed E-state index contributed by atoms with van der Waals surface area (Å²) in [4.78, 5) is 18.0. The van der Waals surface area contributed by atoms with Gasteiger partial charge in [-0.05, 0) is 20.8 Å². The van der Waals surface area contributed by atoms with Crippen LogP contribution >= 0.6 is 11.3 Å². The minimum absolute atomic E-state index is 0.147. The molecule has 1 amide bonds. The Balaban J connectivity index is 2.09. The Morgan fingerprint density at radius 2 is 2.21 bits per heavy atom. The van der Waals surface area contributed by atoms with Gasteiger partial charge in [-0.25, -0.2) is 9.67 Å². The number of carbonyl (C=O) groups is 1. The van der Waals surface area contributed by atoms with Crippen molar-refractivity contribution in [2.45, 2.75) is 32.9 Å². The molecule has 0 atom stereocenters. The largest absolute Gasteiger partial charge is 0.334 e. The van der Waals surface area contributed by atoms with E-state index in [0.29, 0.717) is 12.2 Å². The second-order valence-corrected chi connectivity index (χ2v) is 6.29. The predicted molar refractivity (Wildman–Crippen MR) is 72.9 cm³/mol. The molecule has 2 aromatic rings. The maximum Gasteiger partial charge on any atom is 0.276 e. The lowest BCUT2D eigenvalue weighted by Gasteiger charge is -2.17. The molecule has 6 nitrogen and oxygen atoms in total. The van der Waals surface area contributed by atoms with Gasteiger partial charge in [0.15, 0.2) is 5.69 Å². The van der Waals surface area contributed by atoms with Crippen molar-refractivity contribution in [3.05, 3.63) is 28.5 Å². The first kappa shape index (κ1) is 13.7. The zero-order chi connectivity index (χ0) is 14.0. The maximum absolute atomic E-state index is 12.2. The van der Waals surface area contributed by atoms with E-state index in [0.717, 1.165) is 5.01 Å². The Morgan fingerprint density at radius 3 is 2.74 bits per heavy atom. The predicted octanol–water partition coefficient (Wildman–Crippen LogP) is 1.76. The molecule has 0 saturated carbocycles. The molecule has 0 saturated heterocycles. The molecule has 2 rings (SSSR count). The van der Waals surface area contributed by atoms with Crippen LogP contribution in [-0.4, -0.2) is 37.8 Å². The van der Waals surface area contributed by atoms with Gasteiger partial charge >= 0.3 is 0 Å². The third kappa shape index (κ3) is 3.17. The van der Waals surface area contributed by atoms with Crippen LogP contribution in [0.25, 0.3) is 0 Å².